The minimum absolute atomic E-state index is 0.00184. The topological polar surface area (TPSA) is 40.5 Å². The van der Waals surface area contributed by atoms with Gasteiger partial charge in [0.05, 0.1) is 6.61 Å². The minimum atomic E-state index is -0.00838. The summed E-state index contributed by atoms with van der Waals surface area (Å²) in [6.45, 7) is 2.32. The van der Waals surface area contributed by atoms with Crippen LogP contribution in [0.5, 0.6) is 0 Å². The van der Waals surface area contributed by atoms with Crippen LogP contribution >= 0.6 is 11.6 Å². The molecule has 4 heteroatoms. The largest absolute Gasteiger partial charge is 0.395 e. The first-order valence-electron chi connectivity index (χ1n) is 7.31. The van der Waals surface area contributed by atoms with Crippen LogP contribution in [0.2, 0.25) is 5.02 Å². The number of hydrogen-bond donors (Lipinski definition) is 1. The number of aliphatic hydroxyl groups is 1. The lowest BCUT2D eigenvalue weighted by Crippen LogP contribution is -2.43. The third-order valence-electron chi connectivity index (χ3n) is 4.05. The first-order valence-corrected chi connectivity index (χ1v) is 7.69. The number of nitrogens with zero attached hydrogens (tertiary/aromatic N) is 1. The monoisotopic (exact) mass is 295 g/mol. The lowest BCUT2D eigenvalue weighted by atomic mass is 9.93. The van der Waals surface area contributed by atoms with E-state index in [1.165, 1.54) is 6.42 Å². The van der Waals surface area contributed by atoms with Crippen molar-refractivity contribution in [1.29, 1.82) is 0 Å². The molecule has 1 aliphatic carbocycles. The van der Waals surface area contributed by atoms with E-state index >= 15 is 0 Å². The Bertz CT molecular complexity index is 470. The van der Waals surface area contributed by atoms with Crippen molar-refractivity contribution in [3.05, 3.63) is 34.3 Å². The lowest BCUT2D eigenvalue weighted by molar-refractivity contribution is 0.0584. The maximum atomic E-state index is 12.8. The number of benzene rings is 1. The summed E-state index contributed by atoms with van der Waals surface area (Å²) in [6.07, 6.45) is 5.63. The van der Waals surface area contributed by atoms with Crippen LogP contribution in [0.15, 0.2) is 18.2 Å². The highest BCUT2D eigenvalue weighted by Gasteiger charge is 2.26. The molecule has 1 saturated carbocycles. The second-order valence-electron chi connectivity index (χ2n) is 5.47. The van der Waals surface area contributed by atoms with E-state index in [2.05, 4.69) is 0 Å². The normalized spacial score (nSPS) is 16.1. The molecule has 20 heavy (non-hydrogen) atoms. The maximum Gasteiger partial charge on any atom is 0.254 e. The first kappa shape index (κ1) is 15.3. The molecule has 1 aromatic rings. The zero-order valence-corrected chi connectivity index (χ0v) is 12.7. The summed E-state index contributed by atoms with van der Waals surface area (Å²) in [5, 5.41) is 9.84. The Morgan fingerprint density at radius 3 is 2.70 bits per heavy atom. The average Bonchev–Trinajstić information content (AvgIpc) is 2.47. The van der Waals surface area contributed by atoms with Crippen molar-refractivity contribution in [2.24, 2.45) is 0 Å². The lowest BCUT2D eigenvalue weighted by Gasteiger charge is -2.34. The first-order chi connectivity index (χ1) is 9.63. The second kappa shape index (κ2) is 7.09. The number of amides is 1. The van der Waals surface area contributed by atoms with E-state index < -0.39 is 0 Å². The van der Waals surface area contributed by atoms with Crippen molar-refractivity contribution in [2.45, 2.75) is 45.1 Å². The van der Waals surface area contributed by atoms with Gasteiger partial charge in [-0.3, -0.25) is 4.79 Å². The van der Waals surface area contributed by atoms with E-state index in [1.807, 2.05) is 17.9 Å². The van der Waals surface area contributed by atoms with Gasteiger partial charge in [0.25, 0.3) is 5.91 Å². The molecule has 1 aliphatic rings. The molecule has 1 amide bonds. The molecule has 0 unspecified atom stereocenters. The Balaban J connectivity index is 2.23. The Morgan fingerprint density at radius 2 is 2.05 bits per heavy atom. The fourth-order valence-corrected chi connectivity index (χ4v) is 3.10. The van der Waals surface area contributed by atoms with Crippen molar-refractivity contribution < 1.29 is 9.90 Å². The zero-order chi connectivity index (χ0) is 14.5. The fourth-order valence-electron chi connectivity index (χ4n) is 2.93. The van der Waals surface area contributed by atoms with Gasteiger partial charge in [0.2, 0.25) is 0 Å². The van der Waals surface area contributed by atoms with E-state index in [0.29, 0.717) is 17.1 Å². The van der Waals surface area contributed by atoms with Crippen LogP contribution < -0.4 is 0 Å². The SMILES string of the molecule is Cc1ccc(Cl)cc1C(=O)N(CCO)C1CCCCC1. The van der Waals surface area contributed by atoms with Crippen LogP contribution in [0.4, 0.5) is 0 Å². The van der Waals surface area contributed by atoms with Crippen LogP contribution in [0.1, 0.15) is 48.0 Å². The molecule has 0 saturated heterocycles. The van der Waals surface area contributed by atoms with Crippen LogP contribution in [-0.2, 0) is 0 Å². The molecule has 0 radical (unpaired) electrons. The Kier molecular flexibility index (Phi) is 5.44. The molecule has 3 nitrogen and oxygen atoms in total. The van der Waals surface area contributed by atoms with Gasteiger partial charge < -0.3 is 10.0 Å². The van der Waals surface area contributed by atoms with Gasteiger partial charge in [-0.25, -0.2) is 0 Å². The molecule has 0 aliphatic heterocycles. The van der Waals surface area contributed by atoms with Crippen molar-refractivity contribution >= 4 is 17.5 Å². The quantitative estimate of drug-likeness (QED) is 0.924. The minimum Gasteiger partial charge on any atom is -0.395 e. The summed E-state index contributed by atoms with van der Waals surface area (Å²) in [4.78, 5) is 14.6. The number of rotatable bonds is 4. The predicted octanol–water partition coefficient (Wildman–Crippen LogP) is 3.42. The van der Waals surface area contributed by atoms with Gasteiger partial charge in [0.1, 0.15) is 0 Å². The summed E-state index contributed by atoms with van der Waals surface area (Å²) in [6, 6.07) is 5.65. The third kappa shape index (κ3) is 3.53. The molecule has 2 rings (SSSR count). The van der Waals surface area contributed by atoms with Gasteiger partial charge in [-0.05, 0) is 37.5 Å². The van der Waals surface area contributed by atoms with Crippen molar-refractivity contribution in [1.82, 2.24) is 4.90 Å². The highest BCUT2D eigenvalue weighted by molar-refractivity contribution is 6.31. The number of hydrogen-bond acceptors (Lipinski definition) is 2. The van der Waals surface area contributed by atoms with Crippen LogP contribution in [-0.4, -0.2) is 35.1 Å². The van der Waals surface area contributed by atoms with Crippen molar-refractivity contribution in [3.8, 4) is 0 Å². The average molecular weight is 296 g/mol. The molecule has 1 aromatic carbocycles. The molecule has 1 fully saturated rings. The molecule has 110 valence electrons. The van der Waals surface area contributed by atoms with Crippen molar-refractivity contribution in [2.75, 3.05) is 13.2 Å². The Labute approximate surface area is 125 Å². The third-order valence-corrected chi connectivity index (χ3v) is 4.28. The van der Waals surface area contributed by atoms with Gasteiger partial charge in [-0.2, -0.15) is 0 Å². The zero-order valence-electron chi connectivity index (χ0n) is 11.9. The number of carbonyl (C=O) groups is 1. The molecule has 0 bridgehead atoms. The number of aliphatic hydroxyl groups excluding tert-OH is 1. The van der Waals surface area contributed by atoms with E-state index in [-0.39, 0.29) is 18.6 Å². The molecule has 1 N–H and O–H groups in total. The van der Waals surface area contributed by atoms with Crippen molar-refractivity contribution in [3.63, 3.8) is 0 Å². The highest BCUT2D eigenvalue weighted by Crippen LogP contribution is 2.25. The molecular formula is C16H22ClNO2. The summed E-state index contributed by atoms with van der Waals surface area (Å²) >= 11 is 6.01. The van der Waals surface area contributed by atoms with E-state index in [0.717, 1.165) is 31.2 Å². The van der Waals surface area contributed by atoms with E-state index in [9.17, 15) is 9.90 Å². The van der Waals surface area contributed by atoms with Gasteiger partial charge in [-0.15, -0.1) is 0 Å². The van der Waals surface area contributed by atoms with Gasteiger partial charge in [0, 0.05) is 23.2 Å². The van der Waals surface area contributed by atoms with Crippen LogP contribution in [0, 0.1) is 6.92 Å². The number of halogens is 1. The highest BCUT2D eigenvalue weighted by atomic mass is 35.5. The van der Waals surface area contributed by atoms with E-state index in [4.69, 9.17) is 11.6 Å². The van der Waals surface area contributed by atoms with Gasteiger partial charge >= 0.3 is 0 Å². The number of aryl methyl sites for hydroxylation is 1. The smallest absolute Gasteiger partial charge is 0.254 e. The van der Waals surface area contributed by atoms with Crippen LogP contribution in [0.25, 0.3) is 0 Å². The van der Waals surface area contributed by atoms with E-state index in [1.54, 1.807) is 12.1 Å². The van der Waals surface area contributed by atoms with Gasteiger partial charge in [-0.1, -0.05) is 36.9 Å². The standard InChI is InChI=1S/C16H22ClNO2/c1-12-7-8-13(17)11-15(12)16(20)18(9-10-19)14-5-3-2-4-6-14/h7-8,11,14,19H,2-6,9-10H2,1H3. The molecule has 0 atom stereocenters. The van der Waals surface area contributed by atoms with Gasteiger partial charge in [0.15, 0.2) is 0 Å². The Hall–Kier alpha value is -1.06. The molecule has 0 heterocycles. The summed E-state index contributed by atoms with van der Waals surface area (Å²) < 4.78 is 0. The fraction of sp³-hybridized carbons (Fsp3) is 0.562. The molecule has 0 spiro atoms. The molecular weight excluding hydrogens is 274 g/mol. The second-order valence-corrected chi connectivity index (χ2v) is 5.91. The number of carbonyl (C=O) groups excluding carboxylic acids is 1. The molecule has 0 aromatic heterocycles. The Morgan fingerprint density at radius 1 is 1.35 bits per heavy atom. The summed E-state index contributed by atoms with van der Waals surface area (Å²) in [7, 11) is 0. The summed E-state index contributed by atoms with van der Waals surface area (Å²) in [5.74, 6) is -0.00838. The summed E-state index contributed by atoms with van der Waals surface area (Å²) in [5.41, 5.74) is 1.58. The predicted molar refractivity (Wildman–Crippen MR) is 81.2 cm³/mol. The maximum absolute atomic E-state index is 12.8. The van der Waals surface area contributed by atoms with Crippen LogP contribution in [0.3, 0.4) is 0 Å².